The molecule has 0 amide bonds. The van der Waals surface area contributed by atoms with Gasteiger partial charge in [-0.3, -0.25) is 0 Å². The average molecular weight is 536 g/mol. The van der Waals surface area contributed by atoms with Crippen LogP contribution in [-0.4, -0.2) is 50.9 Å². The number of fused-ring (bicyclic) bond motifs is 2. The van der Waals surface area contributed by atoms with Gasteiger partial charge in [-0.25, -0.2) is 9.97 Å². The van der Waals surface area contributed by atoms with Gasteiger partial charge in [0.05, 0.1) is 18.8 Å². The predicted octanol–water partition coefficient (Wildman–Crippen LogP) is 6.40. The smallest absolute Gasteiger partial charge is 0.208 e. The maximum atomic E-state index is 11.5. The highest BCUT2D eigenvalue weighted by atomic mass is 16.5. The van der Waals surface area contributed by atoms with E-state index < -0.39 is 6.04 Å². The van der Waals surface area contributed by atoms with Gasteiger partial charge >= 0.3 is 0 Å². The van der Waals surface area contributed by atoms with Gasteiger partial charge in [0.2, 0.25) is 5.95 Å². The van der Waals surface area contributed by atoms with Crippen molar-refractivity contribution >= 4 is 22.9 Å². The molecule has 2 aromatic heterocycles. The van der Waals surface area contributed by atoms with Gasteiger partial charge in [0, 0.05) is 25.0 Å². The first-order chi connectivity index (χ1) is 18.9. The van der Waals surface area contributed by atoms with Crippen molar-refractivity contribution in [3.8, 4) is 12.3 Å². The molecule has 2 aromatic rings. The Morgan fingerprint density at radius 2 is 1.90 bits per heavy atom. The van der Waals surface area contributed by atoms with Gasteiger partial charge in [0.1, 0.15) is 11.6 Å². The minimum Gasteiger partial charge on any atom is -0.374 e. The van der Waals surface area contributed by atoms with Gasteiger partial charge < -0.3 is 19.5 Å². The number of hydrogen-bond acceptors (Lipinski definition) is 8. The monoisotopic (exact) mass is 535 g/mol. The van der Waals surface area contributed by atoms with E-state index in [9.17, 15) is 4.91 Å². The number of terminal acetylenes is 1. The molecule has 6 unspecified atom stereocenters. The standard InChI is InChI=1S/C30H45N7O2/c1-6-10-19(2)11-7-12-20(3)37-26-28(31-21(4)23-13-8-14-23)32-27(22(5)35-38)33-29(26)34-30(37)36-17-18-39-25-16-9-15-24(25)36/h1,19-25H,7-18H2,2-5H3,(H,31,32,33). The first-order valence-corrected chi connectivity index (χ1v) is 15.1. The molecule has 3 heterocycles. The molecular formula is C30H45N7O2. The molecule has 1 N–H and O–H groups in total. The number of hydrogen-bond donors (Lipinski definition) is 1. The Hall–Kier alpha value is -2.73. The lowest BCUT2D eigenvalue weighted by atomic mass is 9.80. The average Bonchev–Trinajstić information content (AvgIpc) is 3.52. The number of nitroso groups, excluding NO2 is 1. The second-order valence-electron chi connectivity index (χ2n) is 12.2. The first-order valence-electron chi connectivity index (χ1n) is 15.1. The lowest BCUT2D eigenvalue weighted by molar-refractivity contribution is 0.0246. The van der Waals surface area contributed by atoms with Crippen LogP contribution >= 0.6 is 0 Å². The Morgan fingerprint density at radius 3 is 2.62 bits per heavy atom. The molecule has 212 valence electrons. The largest absolute Gasteiger partial charge is 0.374 e. The fourth-order valence-corrected chi connectivity index (χ4v) is 6.60. The normalized spacial score (nSPS) is 24.4. The van der Waals surface area contributed by atoms with Crippen LogP contribution in [0.5, 0.6) is 0 Å². The van der Waals surface area contributed by atoms with Crippen molar-refractivity contribution in [1.29, 1.82) is 0 Å². The van der Waals surface area contributed by atoms with E-state index in [-0.39, 0.29) is 18.2 Å². The van der Waals surface area contributed by atoms with Gasteiger partial charge in [-0.15, -0.1) is 12.3 Å². The number of imidazole rings is 1. The highest BCUT2D eigenvalue weighted by Crippen LogP contribution is 2.39. The van der Waals surface area contributed by atoms with Gasteiger partial charge in [0.25, 0.3) is 0 Å². The third-order valence-corrected chi connectivity index (χ3v) is 9.26. The van der Waals surface area contributed by atoms with Crippen LogP contribution in [0, 0.1) is 29.1 Å². The third kappa shape index (κ3) is 5.77. The van der Waals surface area contributed by atoms with E-state index >= 15 is 0 Å². The molecule has 1 saturated heterocycles. The molecular weight excluding hydrogens is 490 g/mol. The molecule has 9 nitrogen and oxygen atoms in total. The van der Waals surface area contributed by atoms with Crippen molar-refractivity contribution in [2.75, 3.05) is 23.4 Å². The van der Waals surface area contributed by atoms with E-state index in [1.165, 1.54) is 25.7 Å². The molecule has 5 rings (SSSR count). The van der Waals surface area contributed by atoms with Crippen molar-refractivity contribution in [1.82, 2.24) is 19.5 Å². The van der Waals surface area contributed by atoms with E-state index in [0.717, 1.165) is 62.4 Å². The quantitative estimate of drug-likeness (QED) is 0.248. The zero-order valence-corrected chi connectivity index (χ0v) is 24.1. The summed E-state index contributed by atoms with van der Waals surface area (Å²) in [6.45, 7) is 10.0. The van der Waals surface area contributed by atoms with Crippen LogP contribution in [0.3, 0.4) is 0 Å². The maximum Gasteiger partial charge on any atom is 0.208 e. The number of anilines is 2. The SMILES string of the molecule is C#CCC(C)CCCC(C)n1c(N2CCOC3CCCC32)nc2nc(C(C)N=O)nc(NC(C)C3CCC3)c21. The molecule has 3 fully saturated rings. The molecule has 0 bridgehead atoms. The van der Waals surface area contributed by atoms with Gasteiger partial charge in [-0.05, 0) is 77.6 Å². The second-order valence-corrected chi connectivity index (χ2v) is 12.2. The summed E-state index contributed by atoms with van der Waals surface area (Å²) in [5, 5.41) is 6.97. The lowest BCUT2D eigenvalue weighted by Gasteiger charge is -2.39. The molecule has 6 atom stereocenters. The Bertz CT molecular complexity index is 1190. The van der Waals surface area contributed by atoms with Crippen molar-refractivity contribution < 1.29 is 4.74 Å². The summed E-state index contributed by atoms with van der Waals surface area (Å²) >= 11 is 0. The highest BCUT2D eigenvalue weighted by Gasteiger charge is 2.39. The molecule has 39 heavy (non-hydrogen) atoms. The maximum absolute atomic E-state index is 11.5. The number of ether oxygens (including phenoxy) is 1. The zero-order chi connectivity index (χ0) is 27.5. The summed E-state index contributed by atoms with van der Waals surface area (Å²) < 4.78 is 8.52. The minimum atomic E-state index is -0.639. The summed E-state index contributed by atoms with van der Waals surface area (Å²) in [5.41, 5.74) is 1.57. The van der Waals surface area contributed by atoms with Crippen molar-refractivity contribution in [3.05, 3.63) is 10.7 Å². The van der Waals surface area contributed by atoms with E-state index in [0.29, 0.717) is 36.0 Å². The zero-order valence-electron chi connectivity index (χ0n) is 24.1. The Labute approximate surface area is 232 Å². The number of aromatic nitrogens is 4. The first kappa shape index (κ1) is 27.8. The van der Waals surface area contributed by atoms with Crippen LogP contribution in [0.25, 0.3) is 11.2 Å². The van der Waals surface area contributed by atoms with Crippen LogP contribution in [0.4, 0.5) is 11.8 Å². The predicted molar refractivity (Wildman–Crippen MR) is 156 cm³/mol. The summed E-state index contributed by atoms with van der Waals surface area (Å²) in [4.78, 5) is 28.9. The molecule has 2 saturated carbocycles. The lowest BCUT2D eigenvalue weighted by Crippen LogP contribution is -2.49. The second kappa shape index (κ2) is 12.2. The highest BCUT2D eigenvalue weighted by molar-refractivity contribution is 5.86. The molecule has 3 aliphatic rings. The van der Waals surface area contributed by atoms with Gasteiger partial charge in [-0.2, -0.15) is 9.89 Å². The fraction of sp³-hybridized carbons (Fsp3) is 0.767. The molecule has 2 aliphatic carbocycles. The fourth-order valence-electron chi connectivity index (χ4n) is 6.60. The van der Waals surface area contributed by atoms with Crippen molar-refractivity contribution in [3.63, 3.8) is 0 Å². The molecule has 0 spiro atoms. The third-order valence-electron chi connectivity index (χ3n) is 9.26. The molecule has 9 heteroatoms. The van der Waals surface area contributed by atoms with E-state index in [2.05, 4.69) is 46.7 Å². The number of nitrogens with zero attached hydrogens (tertiary/aromatic N) is 6. The summed E-state index contributed by atoms with van der Waals surface area (Å²) in [6, 6.07) is 0.158. The van der Waals surface area contributed by atoms with Crippen molar-refractivity contribution in [2.24, 2.45) is 17.0 Å². The van der Waals surface area contributed by atoms with Gasteiger partial charge in [-0.1, -0.05) is 24.9 Å². The molecule has 0 radical (unpaired) electrons. The Morgan fingerprint density at radius 1 is 1.10 bits per heavy atom. The van der Waals surface area contributed by atoms with E-state index in [4.69, 9.17) is 26.1 Å². The summed E-state index contributed by atoms with van der Waals surface area (Å²) in [7, 11) is 0. The number of nitrogens with one attached hydrogen (secondary N) is 1. The minimum absolute atomic E-state index is 0.196. The van der Waals surface area contributed by atoms with E-state index in [1.54, 1.807) is 6.92 Å². The van der Waals surface area contributed by atoms with Crippen LogP contribution < -0.4 is 10.2 Å². The van der Waals surface area contributed by atoms with E-state index in [1.807, 2.05) is 0 Å². The number of rotatable bonds is 12. The summed E-state index contributed by atoms with van der Waals surface area (Å²) in [5.74, 6) is 6.10. The van der Waals surface area contributed by atoms with Gasteiger partial charge in [0.15, 0.2) is 17.3 Å². The van der Waals surface area contributed by atoms with Crippen LogP contribution in [0.1, 0.15) is 110 Å². The topological polar surface area (TPSA) is 97.5 Å². The van der Waals surface area contributed by atoms with Crippen molar-refractivity contribution in [2.45, 2.75) is 122 Å². The molecule has 1 aliphatic heterocycles. The Balaban J connectivity index is 1.58. The van der Waals surface area contributed by atoms with Crippen LogP contribution in [-0.2, 0) is 4.74 Å². The summed E-state index contributed by atoms with van der Waals surface area (Å²) in [6.07, 6.45) is 17.0. The molecule has 0 aromatic carbocycles. The number of morpholine rings is 1. The van der Waals surface area contributed by atoms with Crippen LogP contribution in [0.15, 0.2) is 5.18 Å². The Kier molecular flexibility index (Phi) is 8.70. The van der Waals surface area contributed by atoms with Crippen LogP contribution in [0.2, 0.25) is 0 Å².